The van der Waals surface area contributed by atoms with E-state index in [0.29, 0.717) is 24.3 Å². The fourth-order valence-corrected chi connectivity index (χ4v) is 4.37. The molecule has 2 atom stereocenters. The van der Waals surface area contributed by atoms with Crippen LogP contribution in [0.2, 0.25) is 0 Å². The van der Waals surface area contributed by atoms with Crippen molar-refractivity contribution in [2.24, 2.45) is 5.92 Å². The number of alkyl carbamates (subject to hydrolysis) is 1. The van der Waals surface area contributed by atoms with Crippen molar-refractivity contribution < 1.29 is 28.9 Å². The zero-order valence-corrected chi connectivity index (χ0v) is 19.5. The number of amides is 2. The lowest BCUT2D eigenvalue weighted by Gasteiger charge is -2.32. The van der Waals surface area contributed by atoms with E-state index in [9.17, 15) is 14.7 Å². The summed E-state index contributed by atoms with van der Waals surface area (Å²) in [6.07, 6.45) is 3.96. The number of nitrogens with one attached hydrogen (secondary N) is 2. The summed E-state index contributed by atoms with van der Waals surface area (Å²) in [5, 5.41) is 15.5. The Morgan fingerprint density at radius 1 is 1.25 bits per heavy atom. The van der Waals surface area contributed by atoms with Crippen LogP contribution < -0.4 is 20.1 Å². The molecule has 0 spiro atoms. The second kappa shape index (κ2) is 10.4. The summed E-state index contributed by atoms with van der Waals surface area (Å²) < 4.78 is 17.1. The number of aliphatic hydroxyl groups is 1. The summed E-state index contributed by atoms with van der Waals surface area (Å²) in [6, 6.07) is 4.45. The SMILES string of the molecule is COc1ccc2cc1O[C@H]1CC[C@H](CC1)C[C@H](NC(=O)OC(C)(C)C)C(=O)N[C@H](CO)C2. The molecule has 8 heteroatoms. The molecule has 2 aliphatic heterocycles. The van der Waals surface area contributed by atoms with E-state index in [1.165, 1.54) is 0 Å². The molecule has 8 nitrogen and oxygen atoms in total. The molecule has 3 N–H and O–H groups in total. The zero-order valence-electron chi connectivity index (χ0n) is 19.5. The molecule has 4 rings (SSSR count). The number of ether oxygens (including phenoxy) is 3. The van der Waals surface area contributed by atoms with Crippen molar-refractivity contribution in [3.63, 3.8) is 0 Å². The molecular weight excluding hydrogens is 412 g/mol. The first-order valence-corrected chi connectivity index (χ1v) is 11.4. The van der Waals surface area contributed by atoms with Gasteiger partial charge in [-0.2, -0.15) is 0 Å². The second-order valence-electron chi connectivity index (χ2n) is 9.77. The summed E-state index contributed by atoms with van der Waals surface area (Å²) in [7, 11) is 1.62. The molecule has 32 heavy (non-hydrogen) atoms. The van der Waals surface area contributed by atoms with E-state index >= 15 is 0 Å². The summed E-state index contributed by atoms with van der Waals surface area (Å²) in [5.74, 6) is 1.34. The highest BCUT2D eigenvalue weighted by Crippen LogP contribution is 2.35. The van der Waals surface area contributed by atoms with Gasteiger partial charge in [-0.25, -0.2) is 4.79 Å². The van der Waals surface area contributed by atoms with Crippen LogP contribution in [0.25, 0.3) is 0 Å². The third kappa shape index (κ3) is 6.76. The summed E-state index contributed by atoms with van der Waals surface area (Å²) in [5.41, 5.74) is 0.263. The van der Waals surface area contributed by atoms with E-state index in [0.717, 1.165) is 31.2 Å². The summed E-state index contributed by atoms with van der Waals surface area (Å²) in [4.78, 5) is 25.5. The monoisotopic (exact) mass is 448 g/mol. The predicted molar refractivity (Wildman–Crippen MR) is 120 cm³/mol. The molecule has 2 heterocycles. The highest BCUT2D eigenvalue weighted by Gasteiger charge is 2.32. The lowest BCUT2D eigenvalue weighted by molar-refractivity contribution is -0.124. The molecule has 0 unspecified atom stereocenters. The van der Waals surface area contributed by atoms with Crippen molar-refractivity contribution in [3.8, 4) is 11.5 Å². The Balaban J connectivity index is 1.83. The first kappa shape index (κ1) is 24.2. The highest BCUT2D eigenvalue weighted by molar-refractivity contribution is 5.86. The van der Waals surface area contributed by atoms with Gasteiger partial charge in [-0.05, 0) is 82.9 Å². The number of aliphatic hydroxyl groups excluding tert-OH is 1. The molecule has 0 saturated heterocycles. The Morgan fingerprint density at radius 3 is 2.59 bits per heavy atom. The third-order valence-corrected chi connectivity index (χ3v) is 5.94. The van der Waals surface area contributed by atoms with Crippen LogP contribution in [-0.2, 0) is 16.0 Å². The fourth-order valence-electron chi connectivity index (χ4n) is 4.37. The van der Waals surface area contributed by atoms with Gasteiger partial charge < -0.3 is 30.0 Å². The van der Waals surface area contributed by atoms with E-state index in [-0.39, 0.29) is 24.5 Å². The van der Waals surface area contributed by atoms with Crippen molar-refractivity contribution in [1.29, 1.82) is 0 Å². The minimum Gasteiger partial charge on any atom is -0.493 e. The average molecular weight is 449 g/mol. The fraction of sp³-hybridized carbons (Fsp3) is 0.667. The number of carbonyl (C=O) groups is 2. The zero-order chi connectivity index (χ0) is 23.3. The standard InChI is InChI=1S/C24H36N2O6/c1-24(2,3)32-23(29)26-19-12-15-5-8-18(9-6-15)31-21-13-16(7-10-20(21)30-4)11-17(14-27)25-22(19)28/h7,10,13,15,17-19,27H,5-6,8-9,11-12,14H2,1-4H3,(H,25,28)(H,26,29)/t15-,17-,18+,19-/m0/s1. The third-order valence-electron chi connectivity index (χ3n) is 5.94. The number of carbonyl (C=O) groups excluding carboxylic acids is 2. The van der Waals surface area contributed by atoms with Gasteiger partial charge in [0.25, 0.3) is 0 Å². The number of methoxy groups -OCH3 is 1. The number of fused-ring (bicyclic) bond motifs is 7. The molecule has 178 valence electrons. The molecule has 0 aromatic heterocycles. The maximum Gasteiger partial charge on any atom is 0.408 e. The number of benzene rings is 1. The van der Waals surface area contributed by atoms with Crippen LogP contribution in [0.1, 0.15) is 58.4 Å². The van der Waals surface area contributed by atoms with Crippen LogP contribution in [0.5, 0.6) is 11.5 Å². The Labute approximate surface area is 190 Å². The van der Waals surface area contributed by atoms with E-state index in [2.05, 4.69) is 10.6 Å². The van der Waals surface area contributed by atoms with Gasteiger partial charge >= 0.3 is 6.09 Å². The number of rotatable bonds is 3. The van der Waals surface area contributed by atoms with Crippen LogP contribution >= 0.6 is 0 Å². The average Bonchev–Trinajstić information content (AvgIpc) is 2.72. The van der Waals surface area contributed by atoms with Crippen molar-refractivity contribution in [3.05, 3.63) is 23.8 Å². The van der Waals surface area contributed by atoms with Crippen molar-refractivity contribution in [1.82, 2.24) is 10.6 Å². The van der Waals surface area contributed by atoms with Gasteiger partial charge in [0.2, 0.25) is 5.91 Å². The molecule has 1 fully saturated rings. The Morgan fingerprint density at radius 2 is 1.97 bits per heavy atom. The maximum absolute atomic E-state index is 13.1. The van der Waals surface area contributed by atoms with E-state index < -0.39 is 23.8 Å². The lowest BCUT2D eigenvalue weighted by atomic mass is 9.83. The van der Waals surface area contributed by atoms with Crippen LogP contribution in [0.3, 0.4) is 0 Å². The van der Waals surface area contributed by atoms with Crippen LogP contribution in [0, 0.1) is 5.92 Å². The van der Waals surface area contributed by atoms with Gasteiger partial charge in [-0.3, -0.25) is 4.79 Å². The first-order chi connectivity index (χ1) is 15.2. The van der Waals surface area contributed by atoms with Gasteiger partial charge in [-0.15, -0.1) is 0 Å². The first-order valence-electron chi connectivity index (χ1n) is 11.4. The lowest BCUT2D eigenvalue weighted by Crippen LogP contribution is -2.52. The maximum atomic E-state index is 13.1. The van der Waals surface area contributed by atoms with Crippen molar-refractivity contribution >= 4 is 12.0 Å². The van der Waals surface area contributed by atoms with E-state index in [1.54, 1.807) is 27.9 Å². The topological polar surface area (TPSA) is 106 Å². The van der Waals surface area contributed by atoms with E-state index in [4.69, 9.17) is 14.2 Å². The normalized spacial score (nSPS) is 26.3. The van der Waals surface area contributed by atoms with Gasteiger partial charge in [0, 0.05) is 0 Å². The van der Waals surface area contributed by atoms with Crippen molar-refractivity contribution in [2.45, 2.75) is 83.1 Å². The quantitative estimate of drug-likeness (QED) is 0.657. The predicted octanol–water partition coefficient (Wildman–Crippen LogP) is 2.95. The van der Waals surface area contributed by atoms with Gasteiger partial charge in [-0.1, -0.05) is 6.07 Å². The molecule has 3 aliphatic rings. The molecule has 1 aliphatic carbocycles. The molecule has 1 aromatic rings. The Kier molecular flexibility index (Phi) is 7.87. The summed E-state index contributed by atoms with van der Waals surface area (Å²) >= 11 is 0. The second-order valence-corrected chi connectivity index (χ2v) is 9.77. The largest absolute Gasteiger partial charge is 0.493 e. The minimum atomic E-state index is -0.726. The van der Waals surface area contributed by atoms with Gasteiger partial charge in [0.1, 0.15) is 11.6 Å². The molecule has 4 bridgehead atoms. The van der Waals surface area contributed by atoms with E-state index in [1.807, 2.05) is 18.2 Å². The van der Waals surface area contributed by atoms with Gasteiger partial charge in [0.15, 0.2) is 11.5 Å². The molecule has 0 radical (unpaired) electrons. The highest BCUT2D eigenvalue weighted by atomic mass is 16.6. The van der Waals surface area contributed by atoms with Crippen LogP contribution in [0.4, 0.5) is 4.79 Å². The molecule has 1 saturated carbocycles. The summed E-state index contributed by atoms with van der Waals surface area (Å²) in [6.45, 7) is 5.13. The minimum absolute atomic E-state index is 0.0815. The van der Waals surface area contributed by atoms with Crippen LogP contribution in [0.15, 0.2) is 18.2 Å². The Bertz CT molecular complexity index is 798. The number of hydrogen-bond acceptors (Lipinski definition) is 6. The number of hydrogen-bond donors (Lipinski definition) is 3. The van der Waals surface area contributed by atoms with Gasteiger partial charge in [0.05, 0.1) is 25.9 Å². The smallest absolute Gasteiger partial charge is 0.408 e. The molecular formula is C24H36N2O6. The Hall–Kier alpha value is -2.48. The van der Waals surface area contributed by atoms with Crippen LogP contribution in [-0.4, -0.2) is 54.6 Å². The molecule has 2 amide bonds. The molecule has 1 aromatic carbocycles. The van der Waals surface area contributed by atoms with Crippen molar-refractivity contribution in [2.75, 3.05) is 13.7 Å².